The molecule has 2 amide bonds. The lowest BCUT2D eigenvalue weighted by atomic mass is 9.91. The fraction of sp³-hybridized carbons (Fsp3) is 0.280. The first-order valence-corrected chi connectivity index (χ1v) is 11.5. The molecule has 0 saturated heterocycles. The number of phenolic OH excluding ortho intramolecular Hbond substituents is 1. The zero-order valence-electron chi connectivity index (χ0n) is 18.3. The van der Waals surface area contributed by atoms with Crippen molar-refractivity contribution in [1.82, 2.24) is 10.3 Å². The number of hydrogen-bond acceptors (Lipinski definition) is 4. The van der Waals surface area contributed by atoms with E-state index in [0.29, 0.717) is 13.1 Å². The second kappa shape index (κ2) is 8.27. The quantitative estimate of drug-likeness (QED) is 0.534. The van der Waals surface area contributed by atoms with Crippen LogP contribution in [0.25, 0.3) is 11.3 Å². The number of carbonyl (C=O) groups excluding carboxylic acids is 1. The van der Waals surface area contributed by atoms with Gasteiger partial charge in [0.25, 0.3) is 0 Å². The van der Waals surface area contributed by atoms with Crippen molar-refractivity contribution in [2.45, 2.75) is 37.6 Å². The van der Waals surface area contributed by atoms with Crippen LogP contribution >= 0.6 is 11.8 Å². The standard InChI is InChI=1S/C25H27N3O2S/c1-16-13-18(29)7-10-20(16)21-11-12-22-23(27-21)25(2,3)15-28(22)24(30)26-14-17-5-8-19(31-4)9-6-17/h5-13,29H,14-15H2,1-4H3,(H,26,30). The number of aromatic nitrogens is 1. The highest BCUT2D eigenvalue weighted by Gasteiger charge is 2.39. The van der Waals surface area contributed by atoms with Crippen molar-refractivity contribution in [2.75, 3.05) is 17.7 Å². The summed E-state index contributed by atoms with van der Waals surface area (Å²) in [4.78, 5) is 20.9. The van der Waals surface area contributed by atoms with Crippen LogP contribution in [0.5, 0.6) is 5.75 Å². The normalized spacial score (nSPS) is 14.4. The van der Waals surface area contributed by atoms with Crippen LogP contribution in [0, 0.1) is 6.92 Å². The van der Waals surface area contributed by atoms with Crippen LogP contribution < -0.4 is 10.2 Å². The number of thioether (sulfide) groups is 1. The van der Waals surface area contributed by atoms with E-state index in [1.54, 1.807) is 28.8 Å². The molecule has 1 aliphatic heterocycles. The maximum Gasteiger partial charge on any atom is 0.322 e. The van der Waals surface area contributed by atoms with Crippen LogP contribution in [0.3, 0.4) is 0 Å². The summed E-state index contributed by atoms with van der Waals surface area (Å²) in [6.07, 6.45) is 2.05. The van der Waals surface area contributed by atoms with Crippen LogP contribution in [-0.2, 0) is 12.0 Å². The average molecular weight is 434 g/mol. The predicted octanol–water partition coefficient (Wildman–Crippen LogP) is 5.49. The average Bonchev–Trinajstić information content (AvgIpc) is 3.03. The highest BCUT2D eigenvalue weighted by Crippen LogP contribution is 2.40. The Morgan fingerprint density at radius 3 is 2.58 bits per heavy atom. The van der Waals surface area contributed by atoms with E-state index in [4.69, 9.17) is 4.98 Å². The number of hydrogen-bond donors (Lipinski definition) is 2. The Kier molecular flexibility index (Phi) is 5.67. The van der Waals surface area contributed by atoms with Crippen LogP contribution in [0.2, 0.25) is 0 Å². The minimum atomic E-state index is -0.256. The topological polar surface area (TPSA) is 65.5 Å². The molecule has 0 unspecified atom stereocenters. The van der Waals surface area contributed by atoms with E-state index in [9.17, 15) is 9.90 Å². The lowest BCUT2D eigenvalue weighted by Gasteiger charge is -2.20. The van der Waals surface area contributed by atoms with Crippen molar-refractivity contribution < 1.29 is 9.90 Å². The third kappa shape index (κ3) is 4.26. The molecule has 2 N–H and O–H groups in total. The zero-order valence-corrected chi connectivity index (χ0v) is 19.1. The number of aryl methyl sites for hydroxylation is 1. The number of anilines is 1. The first-order valence-electron chi connectivity index (χ1n) is 10.3. The number of aromatic hydroxyl groups is 1. The van der Waals surface area contributed by atoms with Crippen molar-refractivity contribution >= 4 is 23.5 Å². The SMILES string of the molecule is CSc1ccc(CNC(=O)N2CC(C)(C)c3nc(-c4ccc(O)cc4C)ccc32)cc1. The van der Waals surface area contributed by atoms with E-state index in [1.807, 2.05) is 43.5 Å². The van der Waals surface area contributed by atoms with Crippen molar-refractivity contribution in [2.24, 2.45) is 0 Å². The molecule has 160 valence electrons. The molecule has 3 aromatic rings. The fourth-order valence-corrected chi connectivity index (χ4v) is 4.41. The predicted molar refractivity (Wildman–Crippen MR) is 127 cm³/mol. The van der Waals surface area contributed by atoms with E-state index in [0.717, 1.165) is 33.8 Å². The van der Waals surface area contributed by atoms with Gasteiger partial charge < -0.3 is 10.4 Å². The number of rotatable bonds is 4. The van der Waals surface area contributed by atoms with Gasteiger partial charge in [-0.1, -0.05) is 26.0 Å². The van der Waals surface area contributed by atoms with Gasteiger partial charge in [-0.25, -0.2) is 9.78 Å². The Labute approximate surface area is 187 Å². The third-order valence-electron chi connectivity index (χ3n) is 5.69. The molecule has 1 aliphatic rings. The van der Waals surface area contributed by atoms with Gasteiger partial charge in [-0.2, -0.15) is 0 Å². The summed E-state index contributed by atoms with van der Waals surface area (Å²) in [7, 11) is 0. The van der Waals surface area contributed by atoms with Gasteiger partial charge in [0, 0.05) is 29.0 Å². The van der Waals surface area contributed by atoms with E-state index in [2.05, 4.69) is 31.3 Å². The van der Waals surface area contributed by atoms with E-state index >= 15 is 0 Å². The molecular weight excluding hydrogens is 406 g/mol. The van der Waals surface area contributed by atoms with Crippen molar-refractivity contribution in [3.63, 3.8) is 0 Å². The molecule has 0 spiro atoms. The molecule has 0 aliphatic carbocycles. The van der Waals surface area contributed by atoms with Crippen LogP contribution in [-0.4, -0.2) is 28.9 Å². The minimum absolute atomic E-state index is 0.115. The molecule has 6 heteroatoms. The number of benzene rings is 2. The first kappa shape index (κ1) is 21.2. The number of fused-ring (bicyclic) bond motifs is 1. The van der Waals surface area contributed by atoms with Gasteiger partial charge in [-0.3, -0.25) is 4.90 Å². The van der Waals surface area contributed by atoms with Gasteiger partial charge in [0.05, 0.1) is 17.1 Å². The maximum atomic E-state index is 13.0. The maximum absolute atomic E-state index is 13.0. The highest BCUT2D eigenvalue weighted by molar-refractivity contribution is 7.98. The Balaban J connectivity index is 1.56. The molecule has 0 fully saturated rings. The number of nitrogens with one attached hydrogen (secondary N) is 1. The summed E-state index contributed by atoms with van der Waals surface area (Å²) in [5.41, 5.74) is 5.37. The number of phenols is 1. The third-order valence-corrected chi connectivity index (χ3v) is 6.44. The van der Waals surface area contributed by atoms with Crippen molar-refractivity contribution in [3.05, 3.63) is 71.4 Å². The van der Waals surface area contributed by atoms with Crippen molar-refractivity contribution in [3.8, 4) is 17.0 Å². The molecule has 1 aromatic heterocycles. The largest absolute Gasteiger partial charge is 0.508 e. The summed E-state index contributed by atoms with van der Waals surface area (Å²) < 4.78 is 0. The Morgan fingerprint density at radius 2 is 1.90 bits per heavy atom. The summed E-state index contributed by atoms with van der Waals surface area (Å²) in [5, 5.41) is 12.7. The van der Waals surface area contributed by atoms with Crippen LogP contribution in [0.15, 0.2) is 59.5 Å². The number of pyridine rings is 1. The van der Waals surface area contributed by atoms with E-state index < -0.39 is 0 Å². The Hall–Kier alpha value is -2.99. The molecule has 2 heterocycles. The minimum Gasteiger partial charge on any atom is -0.508 e. The van der Waals surface area contributed by atoms with E-state index in [1.165, 1.54) is 4.90 Å². The van der Waals surface area contributed by atoms with Gasteiger partial charge in [0.1, 0.15) is 5.75 Å². The molecule has 0 atom stereocenters. The molecule has 5 nitrogen and oxygen atoms in total. The van der Waals surface area contributed by atoms with E-state index in [-0.39, 0.29) is 17.2 Å². The molecule has 4 rings (SSSR count). The number of urea groups is 1. The Bertz CT molecular complexity index is 1130. The monoisotopic (exact) mass is 433 g/mol. The van der Waals surface area contributed by atoms with Crippen LogP contribution in [0.1, 0.15) is 30.7 Å². The van der Waals surface area contributed by atoms with Gasteiger partial charge in [0.2, 0.25) is 0 Å². The second-order valence-electron chi connectivity index (χ2n) is 8.54. The molecular formula is C25H27N3O2S. The molecule has 2 aromatic carbocycles. The summed E-state index contributed by atoms with van der Waals surface area (Å²) in [6, 6.07) is 17.3. The molecule has 0 saturated carbocycles. The van der Waals surface area contributed by atoms with Crippen LogP contribution in [0.4, 0.5) is 10.5 Å². The lowest BCUT2D eigenvalue weighted by Crippen LogP contribution is -2.41. The van der Waals surface area contributed by atoms with Gasteiger partial charge in [-0.15, -0.1) is 11.8 Å². The van der Waals surface area contributed by atoms with Gasteiger partial charge in [0.15, 0.2) is 0 Å². The lowest BCUT2D eigenvalue weighted by molar-refractivity contribution is 0.245. The highest BCUT2D eigenvalue weighted by atomic mass is 32.2. The smallest absolute Gasteiger partial charge is 0.322 e. The number of nitrogens with zero attached hydrogens (tertiary/aromatic N) is 2. The zero-order chi connectivity index (χ0) is 22.2. The summed E-state index contributed by atoms with van der Waals surface area (Å²) in [5.74, 6) is 0.244. The first-order chi connectivity index (χ1) is 14.8. The van der Waals surface area contributed by atoms with Gasteiger partial charge in [-0.05, 0) is 66.8 Å². The molecule has 0 bridgehead atoms. The number of amides is 2. The fourth-order valence-electron chi connectivity index (χ4n) is 4.01. The molecule has 0 radical (unpaired) electrons. The second-order valence-corrected chi connectivity index (χ2v) is 9.42. The Morgan fingerprint density at radius 1 is 1.16 bits per heavy atom. The van der Waals surface area contributed by atoms with Gasteiger partial charge >= 0.3 is 6.03 Å². The molecule has 31 heavy (non-hydrogen) atoms. The summed E-state index contributed by atoms with van der Waals surface area (Å²) in [6.45, 7) is 7.24. The summed E-state index contributed by atoms with van der Waals surface area (Å²) >= 11 is 1.70. The number of carbonyl (C=O) groups is 1. The van der Waals surface area contributed by atoms with Crippen molar-refractivity contribution in [1.29, 1.82) is 0 Å².